The summed E-state index contributed by atoms with van der Waals surface area (Å²) < 4.78 is 1.97. The first-order chi connectivity index (χ1) is 9.13. The average Bonchev–Trinajstić information content (AvgIpc) is 2.75. The van der Waals surface area contributed by atoms with E-state index in [1.54, 1.807) is 18.0 Å². The summed E-state index contributed by atoms with van der Waals surface area (Å²) in [5.74, 6) is 0.920. The summed E-state index contributed by atoms with van der Waals surface area (Å²) in [6.07, 6.45) is 8.98. The number of thioether (sulfide) groups is 1. The highest BCUT2D eigenvalue weighted by Crippen LogP contribution is 2.15. The quantitative estimate of drug-likeness (QED) is 0.560. The van der Waals surface area contributed by atoms with Gasteiger partial charge >= 0.3 is 0 Å². The van der Waals surface area contributed by atoms with Gasteiger partial charge < -0.3 is 9.88 Å². The maximum absolute atomic E-state index is 11.7. The van der Waals surface area contributed by atoms with Crippen molar-refractivity contribution in [1.82, 2.24) is 14.9 Å². The summed E-state index contributed by atoms with van der Waals surface area (Å²) in [7, 11) is 1.96. The van der Waals surface area contributed by atoms with Crippen molar-refractivity contribution in [3.05, 3.63) is 12.4 Å². The number of hydrogen-bond donors (Lipinski definition) is 1. The molecule has 108 valence electrons. The predicted molar refractivity (Wildman–Crippen MR) is 80.3 cm³/mol. The Morgan fingerprint density at radius 2 is 2.32 bits per heavy atom. The second-order valence-electron chi connectivity index (χ2n) is 4.88. The molecule has 0 aliphatic carbocycles. The maximum atomic E-state index is 11.7. The van der Waals surface area contributed by atoms with Crippen molar-refractivity contribution >= 4 is 17.7 Å². The fourth-order valence-corrected chi connectivity index (χ4v) is 2.72. The molecule has 5 heteroatoms. The van der Waals surface area contributed by atoms with Crippen LogP contribution in [0, 0.1) is 0 Å². The van der Waals surface area contributed by atoms with Crippen molar-refractivity contribution in [1.29, 1.82) is 0 Å². The largest absolute Gasteiger partial charge is 0.354 e. The van der Waals surface area contributed by atoms with Gasteiger partial charge in [0.05, 0.1) is 0 Å². The van der Waals surface area contributed by atoms with Crippen LogP contribution in [0.1, 0.15) is 46.0 Å². The van der Waals surface area contributed by atoms with E-state index in [1.807, 2.05) is 17.8 Å². The molecule has 0 unspecified atom stereocenters. The van der Waals surface area contributed by atoms with E-state index in [-0.39, 0.29) is 11.9 Å². The molecule has 0 aliphatic heterocycles. The highest BCUT2D eigenvalue weighted by Gasteiger charge is 2.08. The summed E-state index contributed by atoms with van der Waals surface area (Å²) in [5, 5.41) is 4.02. The summed E-state index contributed by atoms with van der Waals surface area (Å²) in [6, 6.07) is 0.289. The topological polar surface area (TPSA) is 46.9 Å². The molecule has 0 radical (unpaired) electrons. The van der Waals surface area contributed by atoms with Crippen LogP contribution in [-0.4, -0.2) is 27.3 Å². The third-order valence-electron chi connectivity index (χ3n) is 2.99. The van der Waals surface area contributed by atoms with Gasteiger partial charge in [0.25, 0.3) is 0 Å². The average molecular weight is 283 g/mol. The minimum absolute atomic E-state index is 0.144. The number of hydrogen-bond acceptors (Lipinski definition) is 3. The molecule has 1 heterocycles. The van der Waals surface area contributed by atoms with Crippen molar-refractivity contribution in [2.75, 3.05) is 5.75 Å². The number of aromatic nitrogens is 2. The number of aryl methyl sites for hydroxylation is 1. The molecule has 0 saturated carbocycles. The van der Waals surface area contributed by atoms with Gasteiger partial charge in [-0.2, -0.15) is 0 Å². The Bertz CT molecular complexity index is 379. The third-order valence-corrected chi connectivity index (χ3v) is 4.05. The van der Waals surface area contributed by atoms with E-state index in [9.17, 15) is 4.79 Å². The maximum Gasteiger partial charge on any atom is 0.221 e. The lowest BCUT2D eigenvalue weighted by atomic mass is 10.1. The van der Waals surface area contributed by atoms with Crippen molar-refractivity contribution in [3.63, 3.8) is 0 Å². The molecule has 1 N–H and O–H groups in total. The van der Waals surface area contributed by atoms with Gasteiger partial charge in [-0.25, -0.2) is 4.98 Å². The van der Waals surface area contributed by atoms with Crippen molar-refractivity contribution < 1.29 is 4.79 Å². The highest BCUT2D eigenvalue weighted by atomic mass is 32.2. The third kappa shape index (κ3) is 6.66. The molecule has 0 aliphatic rings. The molecule has 1 aromatic rings. The van der Waals surface area contributed by atoms with E-state index in [1.165, 1.54) is 19.3 Å². The molecule has 1 aromatic heterocycles. The zero-order valence-electron chi connectivity index (χ0n) is 12.2. The molecular weight excluding hydrogens is 258 g/mol. The van der Waals surface area contributed by atoms with Gasteiger partial charge in [-0.3, -0.25) is 4.79 Å². The highest BCUT2D eigenvalue weighted by molar-refractivity contribution is 7.99. The molecule has 19 heavy (non-hydrogen) atoms. The minimum atomic E-state index is 0.144. The number of carbonyl (C=O) groups is 1. The fraction of sp³-hybridized carbons (Fsp3) is 0.714. The zero-order chi connectivity index (χ0) is 14.1. The Kier molecular flexibility index (Phi) is 7.63. The number of carbonyl (C=O) groups excluding carboxylic acids is 1. The van der Waals surface area contributed by atoms with Gasteiger partial charge in [-0.15, -0.1) is 0 Å². The first-order valence-electron chi connectivity index (χ1n) is 7.03. The predicted octanol–water partition coefficient (Wildman–Crippen LogP) is 2.99. The summed E-state index contributed by atoms with van der Waals surface area (Å²) in [6.45, 7) is 4.28. The smallest absolute Gasteiger partial charge is 0.221 e. The van der Waals surface area contributed by atoms with Crippen LogP contribution in [0.5, 0.6) is 0 Å². The second kappa shape index (κ2) is 9.02. The summed E-state index contributed by atoms with van der Waals surface area (Å²) in [5.41, 5.74) is 0. The van der Waals surface area contributed by atoms with Gasteiger partial charge in [0.1, 0.15) is 0 Å². The van der Waals surface area contributed by atoms with Crippen LogP contribution in [0.3, 0.4) is 0 Å². The van der Waals surface area contributed by atoms with E-state index in [2.05, 4.69) is 24.1 Å². The van der Waals surface area contributed by atoms with Gasteiger partial charge in [-0.1, -0.05) is 37.9 Å². The minimum Gasteiger partial charge on any atom is -0.354 e. The lowest BCUT2D eigenvalue weighted by Crippen LogP contribution is -2.32. The van der Waals surface area contributed by atoms with Crippen LogP contribution in [0.15, 0.2) is 17.6 Å². The van der Waals surface area contributed by atoms with Crippen molar-refractivity contribution in [2.24, 2.45) is 7.05 Å². The lowest BCUT2D eigenvalue weighted by Gasteiger charge is -2.13. The van der Waals surface area contributed by atoms with E-state index in [0.29, 0.717) is 6.42 Å². The molecule has 4 nitrogen and oxygen atoms in total. The fourth-order valence-electron chi connectivity index (χ4n) is 1.85. The van der Waals surface area contributed by atoms with Crippen LogP contribution in [0.25, 0.3) is 0 Å². The van der Waals surface area contributed by atoms with E-state index < -0.39 is 0 Å². The normalized spacial score (nSPS) is 12.4. The molecule has 0 spiro atoms. The van der Waals surface area contributed by atoms with Crippen LogP contribution in [0.2, 0.25) is 0 Å². The number of amides is 1. The summed E-state index contributed by atoms with van der Waals surface area (Å²) in [4.78, 5) is 16.0. The number of imidazole rings is 1. The lowest BCUT2D eigenvalue weighted by molar-refractivity contribution is -0.121. The number of rotatable bonds is 9. The van der Waals surface area contributed by atoms with Crippen LogP contribution in [-0.2, 0) is 11.8 Å². The molecule has 1 rings (SSSR count). The van der Waals surface area contributed by atoms with E-state index >= 15 is 0 Å². The molecule has 1 atom stereocenters. The van der Waals surface area contributed by atoms with Crippen molar-refractivity contribution in [2.45, 2.75) is 57.1 Å². The van der Waals surface area contributed by atoms with Crippen LogP contribution < -0.4 is 5.32 Å². The molecular formula is C14H25N3OS. The van der Waals surface area contributed by atoms with Crippen LogP contribution >= 0.6 is 11.8 Å². The summed E-state index contributed by atoms with van der Waals surface area (Å²) >= 11 is 1.62. The first kappa shape index (κ1) is 16.1. The Morgan fingerprint density at radius 1 is 1.53 bits per heavy atom. The van der Waals surface area contributed by atoms with Gasteiger partial charge in [0.15, 0.2) is 5.16 Å². The van der Waals surface area contributed by atoms with Gasteiger partial charge in [-0.05, 0) is 13.3 Å². The Hall–Kier alpha value is -0.970. The second-order valence-corrected chi connectivity index (χ2v) is 5.95. The monoisotopic (exact) mass is 283 g/mol. The SMILES string of the molecule is CCCCC[C@@H](C)NC(=O)CCSc1nccn1C. The van der Waals surface area contributed by atoms with Gasteiger partial charge in [0, 0.05) is 37.7 Å². The van der Waals surface area contributed by atoms with Gasteiger partial charge in [0.2, 0.25) is 5.91 Å². The molecule has 0 aromatic carbocycles. The Labute approximate surface area is 120 Å². The standard InChI is InChI=1S/C14H25N3OS/c1-4-5-6-7-12(2)16-13(18)8-11-19-14-15-9-10-17(14)3/h9-10,12H,4-8,11H2,1-3H3,(H,16,18)/t12-/m1/s1. The number of nitrogens with zero attached hydrogens (tertiary/aromatic N) is 2. The first-order valence-corrected chi connectivity index (χ1v) is 8.01. The molecule has 0 fully saturated rings. The molecule has 0 saturated heterocycles. The molecule has 1 amide bonds. The Morgan fingerprint density at radius 3 is 2.95 bits per heavy atom. The number of unbranched alkanes of at least 4 members (excludes halogenated alkanes) is 2. The van der Waals surface area contributed by atoms with Crippen molar-refractivity contribution in [3.8, 4) is 0 Å². The zero-order valence-corrected chi connectivity index (χ0v) is 13.0. The van der Waals surface area contributed by atoms with Crippen LogP contribution in [0.4, 0.5) is 0 Å². The molecule has 0 bridgehead atoms. The Balaban J connectivity index is 2.12. The van der Waals surface area contributed by atoms with E-state index in [0.717, 1.165) is 17.3 Å². The van der Waals surface area contributed by atoms with E-state index in [4.69, 9.17) is 0 Å². The number of nitrogens with one attached hydrogen (secondary N) is 1.